The highest BCUT2D eigenvalue weighted by molar-refractivity contribution is 5.93. The highest BCUT2D eigenvalue weighted by Gasteiger charge is 2.44. The lowest BCUT2D eigenvalue weighted by atomic mass is 9.95. The van der Waals surface area contributed by atoms with Gasteiger partial charge in [-0.3, -0.25) is 4.79 Å². The summed E-state index contributed by atoms with van der Waals surface area (Å²) in [5.74, 6) is -1.47. The van der Waals surface area contributed by atoms with Crippen LogP contribution in [0, 0.1) is 5.82 Å². The number of halogens is 1. The Morgan fingerprint density at radius 2 is 1.72 bits per heavy atom. The smallest absolute Gasteiger partial charge is 0.408 e. The number of nitrogens with one attached hydrogen (secondary N) is 2. The number of hydrogen-bond acceptors (Lipinski definition) is 5. The van der Waals surface area contributed by atoms with Gasteiger partial charge in [-0.05, 0) is 51.3 Å². The van der Waals surface area contributed by atoms with Gasteiger partial charge in [0.05, 0.1) is 7.11 Å². The molecule has 1 atom stereocenters. The lowest BCUT2D eigenvalue weighted by Crippen LogP contribution is -2.60. The lowest BCUT2D eigenvalue weighted by Gasteiger charge is -2.32. The van der Waals surface area contributed by atoms with Crippen molar-refractivity contribution in [3.63, 3.8) is 0 Å². The van der Waals surface area contributed by atoms with Crippen molar-refractivity contribution < 1.29 is 28.2 Å². The van der Waals surface area contributed by atoms with E-state index in [1.54, 1.807) is 32.9 Å². The number of rotatable bonds is 6. The Labute approximate surface area is 170 Å². The summed E-state index contributed by atoms with van der Waals surface area (Å²) in [6.45, 7) is 5.22. The van der Waals surface area contributed by atoms with Crippen LogP contribution in [0.1, 0.15) is 52.0 Å². The third-order valence-electron chi connectivity index (χ3n) is 4.78. The molecule has 160 valence electrons. The molecule has 7 nitrogen and oxygen atoms in total. The van der Waals surface area contributed by atoms with Crippen LogP contribution in [0.4, 0.5) is 9.18 Å². The van der Waals surface area contributed by atoms with E-state index >= 15 is 0 Å². The van der Waals surface area contributed by atoms with Gasteiger partial charge in [0, 0.05) is 6.42 Å². The number of alkyl carbamates (subject to hydrolysis) is 1. The second-order valence-corrected chi connectivity index (χ2v) is 8.30. The van der Waals surface area contributed by atoms with E-state index in [2.05, 4.69) is 10.6 Å². The first kappa shape index (κ1) is 22.6. The maximum absolute atomic E-state index is 13.1. The van der Waals surface area contributed by atoms with Gasteiger partial charge in [0.15, 0.2) is 0 Å². The average molecular weight is 408 g/mol. The number of methoxy groups -OCH3 is 1. The van der Waals surface area contributed by atoms with Gasteiger partial charge in [0.25, 0.3) is 0 Å². The quantitative estimate of drug-likeness (QED) is 0.706. The van der Waals surface area contributed by atoms with Crippen LogP contribution in [0.2, 0.25) is 0 Å². The molecule has 1 aliphatic carbocycles. The first-order chi connectivity index (χ1) is 13.5. The van der Waals surface area contributed by atoms with Crippen molar-refractivity contribution in [2.75, 3.05) is 7.11 Å². The Balaban J connectivity index is 2.14. The van der Waals surface area contributed by atoms with Crippen molar-refractivity contribution in [3.8, 4) is 0 Å². The number of carbonyl (C=O) groups excluding carboxylic acids is 3. The molecule has 0 heterocycles. The molecule has 0 saturated heterocycles. The molecule has 0 aromatic heterocycles. The summed E-state index contributed by atoms with van der Waals surface area (Å²) in [6.07, 6.45) is 1.89. The fraction of sp³-hybridized carbons (Fsp3) is 0.571. The van der Waals surface area contributed by atoms with Crippen LogP contribution in [-0.2, 0) is 25.5 Å². The molecule has 29 heavy (non-hydrogen) atoms. The summed E-state index contributed by atoms with van der Waals surface area (Å²) < 4.78 is 23.2. The molecule has 0 bridgehead atoms. The zero-order valence-electron chi connectivity index (χ0n) is 17.3. The molecule has 0 aliphatic heterocycles. The van der Waals surface area contributed by atoms with Crippen LogP contribution < -0.4 is 10.6 Å². The number of esters is 1. The van der Waals surface area contributed by atoms with E-state index in [1.807, 2.05) is 0 Å². The van der Waals surface area contributed by atoms with E-state index in [-0.39, 0.29) is 12.2 Å². The molecule has 0 spiro atoms. The Hall–Kier alpha value is -2.64. The third kappa shape index (κ3) is 6.44. The molecule has 1 aromatic carbocycles. The first-order valence-electron chi connectivity index (χ1n) is 9.69. The largest absolute Gasteiger partial charge is 0.467 e. The van der Waals surface area contributed by atoms with E-state index in [0.29, 0.717) is 18.4 Å². The lowest BCUT2D eigenvalue weighted by molar-refractivity contribution is -0.145. The second kappa shape index (κ2) is 9.24. The molecule has 8 heteroatoms. The van der Waals surface area contributed by atoms with E-state index in [0.717, 1.165) is 12.8 Å². The van der Waals surface area contributed by atoms with Gasteiger partial charge in [-0.1, -0.05) is 25.0 Å². The maximum Gasteiger partial charge on any atom is 0.408 e. The number of hydrogen-bond donors (Lipinski definition) is 2. The monoisotopic (exact) mass is 408 g/mol. The van der Waals surface area contributed by atoms with Crippen molar-refractivity contribution in [2.45, 2.75) is 70.1 Å². The average Bonchev–Trinajstić information content (AvgIpc) is 3.10. The van der Waals surface area contributed by atoms with Crippen molar-refractivity contribution in [3.05, 3.63) is 35.6 Å². The molecule has 2 amide bonds. The van der Waals surface area contributed by atoms with Gasteiger partial charge < -0.3 is 20.1 Å². The van der Waals surface area contributed by atoms with Gasteiger partial charge in [-0.15, -0.1) is 0 Å². The summed E-state index contributed by atoms with van der Waals surface area (Å²) in [6, 6.07) is 4.70. The standard InChI is InChI=1S/C21H29FN2O5/c1-20(2,3)29-19(27)24-21(11-5-6-12-21)18(26)23-16(17(25)28-4)13-14-7-9-15(22)10-8-14/h7-10,16H,5-6,11-13H2,1-4H3,(H,23,26)(H,24,27)/t16-/m0/s1. The number of amides is 2. The first-order valence-corrected chi connectivity index (χ1v) is 9.69. The zero-order chi connectivity index (χ0) is 21.7. The van der Waals surface area contributed by atoms with E-state index < -0.39 is 35.2 Å². The molecule has 0 unspecified atom stereocenters. The van der Waals surface area contributed by atoms with Gasteiger partial charge in [-0.25, -0.2) is 14.0 Å². The van der Waals surface area contributed by atoms with Crippen LogP contribution in [-0.4, -0.2) is 42.3 Å². The SMILES string of the molecule is COC(=O)[C@H](Cc1ccc(F)cc1)NC(=O)C1(NC(=O)OC(C)(C)C)CCCC1. The van der Waals surface area contributed by atoms with E-state index in [1.165, 1.54) is 19.2 Å². The van der Waals surface area contributed by atoms with E-state index in [4.69, 9.17) is 9.47 Å². The summed E-state index contributed by atoms with van der Waals surface area (Å²) in [5.41, 5.74) is -1.17. The number of benzene rings is 1. The number of ether oxygens (including phenoxy) is 2. The minimum atomic E-state index is -1.14. The molecule has 1 aliphatic rings. The minimum absolute atomic E-state index is 0.140. The Morgan fingerprint density at radius 3 is 2.24 bits per heavy atom. The van der Waals surface area contributed by atoms with Crippen molar-refractivity contribution in [1.82, 2.24) is 10.6 Å². The van der Waals surface area contributed by atoms with Crippen LogP contribution in [0.3, 0.4) is 0 Å². The second-order valence-electron chi connectivity index (χ2n) is 8.30. The van der Waals surface area contributed by atoms with Crippen LogP contribution in [0.5, 0.6) is 0 Å². The Bertz CT molecular complexity index is 736. The van der Waals surface area contributed by atoms with Crippen molar-refractivity contribution in [2.24, 2.45) is 0 Å². The highest BCUT2D eigenvalue weighted by Crippen LogP contribution is 2.30. The fourth-order valence-corrected chi connectivity index (χ4v) is 3.37. The summed E-state index contributed by atoms with van der Waals surface area (Å²) >= 11 is 0. The summed E-state index contributed by atoms with van der Waals surface area (Å²) in [5, 5.41) is 5.41. The molecule has 2 rings (SSSR count). The van der Waals surface area contributed by atoms with Gasteiger partial charge in [0.1, 0.15) is 23.0 Å². The Kier molecular flexibility index (Phi) is 7.21. The highest BCUT2D eigenvalue weighted by atomic mass is 19.1. The van der Waals surface area contributed by atoms with E-state index in [9.17, 15) is 18.8 Å². The summed E-state index contributed by atoms with van der Waals surface area (Å²) in [7, 11) is 1.23. The normalized spacial score (nSPS) is 16.6. The molecular weight excluding hydrogens is 379 g/mol. The fourth-order valence-electron chi connectivity index (χ4n) is 3.37. The molecule has 2 N–H and O–H groups in total. The van der Waals surface area contributed by atoms with Crippen LogP contribution in [0.15, 0.2) is 24.3 Å². The Morgan fingerprint density at radius 1 is 1.14 bits per heavy atom. The molecule has 0 radical (unpaired) electrons. The van der Waals surface area contributed by atoms with Crippen molar-refractivity contribution >= 4 is 18.0 Å². The van der Waals surface area contributed by atoms with Gasteiger partial charge in [0.2, 0.25) is 5.91 Å². The molecule has 1 saturated carbocycles. The third-order valence-corrected chi connectivity index (χ3v) is 4.78. The molecule has 1 aromatic rings. The number of carbonyl (C=O) groups is 3. The molecular formula is C21H29FN2O5. The minimum Gasteiger partial charge on any atom is -0.467 e. The van der Waals surface area contributed by atoms with Crippen LogP contribution in [0.25, 0.3) is 0 Å². The van der Waals surface area contributed by atoms with Gasteiger partial charge >= 0.3 is 12.1 Å². The topological polar surface area (TPSA) is 93.7 Å². The van der Waals surface area contributed by atoms with Crippen molar-refractivity contribution in [1.29, 1.82) is 0 Å². The predicted octanol–water partition coefficient (Wildman–Crippen LogP) is 2.86. The zero-order valence-corrected chi connectivity index (χ0v) is 17.3. The predicted molar refractivity (Wildman–Crippen MR) is 105 cm³/mol. The maximum atomic E-state index is 13.1. The summed E-state index contributed by atoms with van der Waals surface area (Å²) in [4.78, 5) is 37.6. The van der Waals surface area contributed by atoms with Gasteiger partial charge in [-0.2, -0.15) is 0 Å². The molecule has 1 fully saturated rings. The van der Waals surface area contributed by atoms with Crippen LogP contribution >= 0.6 is 0 Å².